The first-order valence-electron chi connectivity index (χ1n) is 15.9. The molecule has 3 aromatic rings. The summed E-state index contributed by atoms with van der Waals surface area (Å²) in [4.78, 5) is 59.0. The SMILES string of the molecule is CC1=CC(C)CC(C)OC(=O)C=C(c2ccc(O)c(O)c2)NC(=O)C(Cc2c(Br)[nH]c3ccccc23)N(C)C(=O)C(C)NC(=O)C(C)C1. The largest absolute Gasteiger partial charge is 0.504 e. The first-order valence-corrected chi connectivity index (χ1v) is 16.7. The number of hydrogen-bond acceptors (Lipinski definition) is 7. The number of likely N-dealkylation sites (N-methyl/N-ethyl adjacent to an activating group) is 1. The fourth-order valence-electron chi connectivity index (χ4n) is 6.06. The molecule has 1 aliphatic heterocycles. The lowest BCUT2D eigenvalue weighted by Gasteiger charge is -2.30. The Balaban J connectivity index is 1.80. The summed E-state index contributed by atoms with van der Waals surface area (Å²) in [7, 11) is 1.49. The molecule has 1 aromatic heterocycles. The molecule has 0 saturated heterocycles. The third-order valence-corrected chi connectivity index (χ3v) is 9.16. The second-order valence-electron chi connectivity index (χ2n) is 12.7. The number of esters is 1. The van der Waals surface area contributed by atoms with Crippen molar-refractivity contribution in [1.29, 1.82) is 0 Å². The van der Waals surface area contributed by atoms with E-state index in [4.69, 9.17) is 4.74 Å². The van der Waals surface area contributed by atoms with Gasteiger partial charge in [0.25, 0.3) is 0 Å². The first kappa shape index (κ1) is 36.3. The minimum absolute atomic E-state index is 0.00628. The van der Waals surface area contributed by atoms with Crippen LogP contribution in [0.1, 0.15) is 58.6 Å². The Kier molecular flexibility index (Phi) is 11.7. The molecule has 0 spiro atoms. The Morgan fingerprint density at radius 2 is 1.69 bits per heavy atom. The van der Waals surface area contributed by atoms with Gasteiger partial charge in [-0.25, -0.2) is 4.79 Å². The van der Waals surface area contributed by atoms with Crippen molar-refractivity contribution in [3.63, 3.8) is 0 Å². The highest BCUT2D eigenvalue weighted by molar-refractivity contribution is 9.10. The van der Waals surface area contributed by atoms with Gasteiger partial charge in [0.05, 0.1) is 16.4 Å². The topological polar surface area (TPSA) is 161 Å². The lowest BCUT2D eigenvalue weighted by molar-refractivity contribution is -0.142. The standard InChI is InChI=1S/C36H43BrN4O7/c1-19-13-20(2)15-22(4)48-32(44)18-28(24-11-12-30(42)31(43)16-24)40-35(46)29(17-26-25-9-7-8-10-27(25)39-33(26)37)41(6)36(47)23(5)38-34(45)21(3)14-19/h7-13,16,18,20-23,29,39,42-43H,14-15,17H2,1-6H3,(H,38,45)(H,40,46). The molecular formula is C36H43BrN4O7. The molecule has 5 N–H and O–H groups in total. The van der Waals surface area contributed by atoms with Crippen LogP contribution in [0.5, 0.6) is 11.5 Å². The predicted molar refractivity (Wildman–Crippen MR) is 187 cm³/mol. The van der Waals surface area contributed by atoms with Crippen LogP contribution in [-0.2, 0) is 30.3 Å². The van der Waals surface area contributed by atoms with E-state index in [2.05, 4.69) is 31.5 Å². The van der Waals surface area contributed by atoms with E-state index in [1.807, 2.05) is 44.2 Å². The first-order chi connectivity index (χ1) is 22.6. The van der Waals surface area contributed by atoms with Crippen LogP contribution < -0.4 is 10.6 Å². The Bertz CT molecular complexity index is 1760. The molecule has 5 unspecified atom stereocenters. The van der Waals surface area contributed by atoms with Crippen molar-refractivity contribution in [3.05, 3.63) is 75.9 Å². The number of nitrogens with zero attached hydrogens (tertiary/aromatic N) is 1. The van der Waals surface area contributed by atoms with E-state index in [0.29, 0.717) is 17.4 Å². The molecule has 0 radical (unpaired) electrons. The minimum atomic E-state index is -1.12. The fraction of sp³-hybridized carbons (Fsp3) is 0.389. The van der Waals surface area contributed by atoms with Crippen LogP contribution >= 0.6 is 15.9 Å². The van der Waals surface area contributed by atoms with Gasteiger partial charge in [0.2, 0.25) is 17.7 Å². The molecule has 0 fully saturated rings. The highest BCUT2D eigenvalue weighted by Crippen LogP contribution is 2.30. The van der Waals surface area contributed by atoms with E-state index in [1.165, 1.54) is 30.1 Å². The van der Waals surface area contributed by atoms with Crippen molar-refractivity contribution in [2.24, 2.45) is 11.8 Å². The van der Waals surface area contributed by atoms with Gasteiger partial charge < -0.3 is 35.5 Å². The second-order valence-corrected chi connectivity index (χ2v) is 13.5. The van der Waals surface area contributed by atoms with Crippen molar-refractivity contribution in [3.8, 4) is 11.5 Å². The number of benzene rings is 2. The van der Waals surface area contributed by atoms with Gasteiger partial charge in [-0.1, -0.05) is 43.7 Å². The van der Waals surface area contributed by atoms with Crippen molar-refractivity contribution in [2.75, 3.05) is 7.05 Å². The zero-order valence-electron chi connectivity index (χ0n) is 28.0. The zero-order valence-corrected chi connectivity index (χ0v) is 29.6. The number of hydrogen-bond donors (Lipinski definition) is 5. The van der Waals surface area contributed by atoms with Crippen molar-refractivity contribution in [2.45, 2.75) is 72.1 Å². The summed E-state index contributed by atoms with van der Waals surface area (Å²) in [5.41, 5.74) is 2.78. The van der Waals surface area contributed by atoms with Gasteiger partial charge in [-0.05, 0) is 85.3 Å². The van der Waals surface area contributed by atoms with Crippen LogP contribution in [0.3, 0.4) is 0 Å². The number of allylic oxidation sites excluding steroid dienone is 2. The number of cyclic esters (lactones) is 1. The molecule has 2 heterocycles. The number of para-hydroxylation sites is 1. The number of aromatic hydroxyl groups is 2. The number of H-pyrrole nitrogens is 1. The molecule has 3 amide bonds. The van der Waals surface area contributed by atoms with E-state index < -0.39 is 47.6 Å². The van der Waals surface area contributed by atoms with Gasteiger partial charge in [0.1, 0.15) is 12.1 Å². The summed E-state index contributed by atoms with van der Waals surface area (Å²) in [6.45, 7) is 9.07. The number of aromatic amines is 1. The van der Waals surface area contributed by atoms with E-state index >= 15 is 0 Å². The van der Waals surface area contributed by atoms with Crippen molar-refractivity contribution >= 4 is 56.2 Å². The quantitative estimate of drug-likeness (QED) is 0.139. The lowest BCUT2D eigenvalue weighted by Crippen LogP contribution is -2.54. The second kappa shape index (κ2) is 15.5. The molecule has 11 nitrogen and oxygen atoms in total. The summed E-state index contributed by atoms with van der Waals surface area (Å²) in [5, 5.41) is 26.6. The third-order valence-electron chi connectivity index (χ3n) is 8.48. The Labute approximate surface area is 288 Å². The van der Waals surface area contributed by atoms with Gasteiger partial charge in [-0.3, -0.25) is 14.4 Å². The lowest BCUT2D eigenvalue weighted by atomic mass is 9.95. The van der Waals surface area contributed by atoms with Crippen LogP contribution in [0.4, 0.5) is 0 Å². The van der Waals surface area contributed by atoms with Gasteiger partial charge >= 0.3 is 5.97 Å². The van der Waals surface area contributed by atoms with Crippen LogP contribution in [0.15, 0.2) is 64.8 Å². The molecule has 48 heavy (non-hydrogen) atoms. The number of halogens is 1. The zero-order chi connectivity index (χ0) is 35.3. The molecule has 0 bridgehead atoms. The average Bonchev–Trinajstić information content (AvgIpc) is 3.33. The summed E-state index contributed by atoms with van der Waals surface area (Å²) in [6.07, 6.45) is 3.72. The van der Waals surface area contributed by atoms with Crippen LogP contribution in [-0.4, -0.2) is 69.0 Å². The molecule has 12 heteroatoms. The van der Waals surface area contributed by atoms with Crippen LogP contribution in [0.2, 0.25) is 0 Å². The van der Waals surface area contributed by atoms with E-state index in [-0.39, 0.29) is 35.3 Å². The van der Waals surface area contributed by atoms with Crippen LogP contribution in [0.25, 0.3) is 16.6 Å². The molecule has 256 valence electrons. The predicted octanol–water partition coefficient (Wildman–Crippen LogP) is 5.32. The summed E-state index contributed by atoms with van der Waals surface area (Å²) in [5.74, 6) is -3.37. The number of aromatic nitrogens is 1. The maximum atomic E-state index is 14.3. The number of fused-ring (bicyclic) bond motifs is 1. The smallest absolute Gasteiger partial charge is 0.333 e. The van der Waals surface area contributed by atoms with E-state index in [9.17, 15) is 29.4 Å². The monoisotopic (exact) mass is 722 g/mol. The van der Waals surface area contributed by atoms with Gasteiger partial charge in [-0.15, -0.1) is 0 Å². The van der Waals surface area contributed by atoms with E-state index in [0.717, 1.165) is 28.1 Å². The molecule has 1 aliphatic rings. The summed E-state index contributed by atoms with van der Waals surface area (Å²) < 4.78 is 6.32. The van der Waals surface area contributed by atoms with Crippen molar-refractivity contribution in [1.82, 2.24) is 20.5 Å². The van der Waals surface area contributed by atoms with Gasteiger partial charge in [0, 0.05) is 41.9 Å². The van der Waals surface area contributed by atoms with Crippen LogP contribution in [0, 0.1) is 11.8 Å². The third kappa shape index (κ3) is 8.85. The van der Waals surface area contributed by atoms with Gasteiger partial charge in [0.15, 0.2) is 11.5 Å². The number of nitrogens with one attached hydrogen (secondary N) is 3. The highest BCUT2D eigenvalue weighted by Gasteiger charge is 2.33. The summed E-state index contributed by atoms with van der Waals surface area (Å²) >= 11 is 3.57. The maximum absolute atomic E-state index is 14.3. The number of carbonyl (C=O) groups excluding carboxylic acids is 4. The Hall–Kier alpha value is -4.58. The van der Waals surface area contributed by atoms with E-state index in [1.54, 1.807) is 20.8 Å². The fourth-order valence-corrected chi connectivity index (χ4v) is 6.65. The molecule has 2 aromatic carbocycles. The number of phenolic OH excluding ortho intramolecular Hbond substituents is 2. The maximum Gasteiger partial charge on any atom is 0.333 e. The number of phenols is 2. The average molecular weight is 724 g/mol. The molecular weight excluding hydrogens is 680 g/mol. The molecule has 5 atom stereocenters. The number of carbonyl (C=O) groups is 4. The highest BCUT2D eigenvalue weighted by atomic mass is 79.9. The minimum Gasteiger partial charge on any atom is -0.504 e. The van der Waals surface area contributed by atoms with Gasteiger partial charge in [-0.2, -0.15) is 0 Å². The number of ether oxygens (including phenoxy) is 1. The number of rotatable bonds is 3. The molecule has 4 rings (SSSR count). The molecule has 0 saturated carbocycles. The number of amides is 3. The molecule has 0 aliphatic carbocycles. The Morgan fingerprint density at radius 1 is 0.979 bits per heavy atom. The van der Waals surface area contributed by atoms with Crippen molar-refractivity contribution < 1.29 is 34.1 Å². The Morgan fingerprint density at radius 3 is 2.40 bits per heavy atom. The summed E-state index contributed by atoms with van der Waals surface area (Å²) in [6, 6.07) is 9.35. The normalized spacial score (nSPS) is 24.1.